The molecule has 1 atom stereocenters. The molecule has 0 spiro atoms. The zero-order valence-corrected chi connectivity index (χ0v) is 12.4. The van der Waals surface area contributed by atoms with Gasteiger partial charge >= 0.3 is 0 Å². The van der Waals surface area contributed by atoms with Crippen molar-refractivity contribution in [1.29, 1.82) is 0 Å². The van der Waals surface area contributed by atoms with Crippen LogP contribution in [0.1, 0.15) is 50.5 Å². The SMILES string of the molecule is COc1ccc(CC(N)C2CCCCCCC2)cc1F. The first kappa shape index (κ1) is 15.3. The van der Waals surface area contributed by atoms with Crippen LogP contribution in [0.15, 0.2) is 18.2 Å². The predicted octanol–water partition coefficient (Wildman–Crippen LogP) is 4.06. The van der Waals surface area contributed by atoms with Crippen LogP contribution in [0.2, 0.25) is 0 Å². The summed E-state index contributed by atoms with van der Waals surface area (Å²) in [6, 6.07) is 5.31. The van der Waals surface area contributed by atoms with Crippen molar-refractivity contribution in [3.63, 3.8) is 0 Å². The molecule has 0 amide bonds. The van der Waals surface area contributed by atoms with Crippen molar-refractivity contribution in [2.24, 2.45) is 11.7 Å². The van der Waals surface area contributed by atoms with Crippen LogP contribution in [-0.2, 0) is 6.42 Å². The molecule has 20 heavy (non-hydrogen) atoms. The Morgan fingerprint density at radius 2 is 1.85 bits per heavy atom. The lowest BCUT2D eigenvalue weighted by molar-refractivity contribution is 0.321. The molecule has 1 saturated carbocycles. The first-order valence-corrected chi connectivity index (χ1v) is 7.78. The van der Waals surface area contributed by atoms with Gasteiger partial charge in [-0.1, -0.05) is 38.2 Å². The summed E-state index contributed by atoms with van der Waals surface area (Å²) in [5, 5.41) is 0. The molecule has 0 saturated heterocycles. The summed E-state index contributed by atoms with van der Waals surface area (Å²) in [5.41, 5.74) is 7.34. The molecule has 0 radical (unpaired) electrons. The molecule has 2 N–H and O–H groups in total. The van der Waals surface area contributed by atoms with Gasteiger partial charge < -0.3 is 10.5 Å². The van der Waals surface area contributed by atoms with Gasteiger partial charge in [-0.15, -0.1) is 0 Å². The van der Waals surface area contributed by atoms with Crippen molar-refractivity contribution in [3.8, 4) is 5.75 Å². The smallest absolute Gasteiger partial charge is 0.165 e. The maximum Gasteiger partial charge on any atom is 0.165 e. The molecule has 1 aromatic rings. The van der Waals surface area contributed by atoms with Crippen molar-refractivity contribution in [2.45, 2.75) is 57.4 Å². The van der Waals surface area contributed by atoms with E-state index >= 15 is 0 Å². The maximum absolute atomic E-state index is 13.7. The minimum Gasteiger partial charge on any atom is -0.494 e. The Labute approximate surface area is 121 Å². The molecule has 2 rings (SSSR count). The van der Waals surface area contributed by atoms with E-state index in [4.69, 9.17) is 10.5 Å². The van der Waals surface area contributed by atoms with E-state index in [2.05, 4.69) is 0 Å². The van der Waals surface area contributed by atoms with Crippen LogP contribution in [0.4, 0.5) is 4.39 Å². The van der Waals surface area contributed by atoms with Gasteiger partial charge in [0.1, 0.15) is 0 Å². The summed E-state index contributed by atoms with van der Waals surface area (Å²) in [4.78, 5) is 0. The van der Waals surface area contributed by atoms with Gasteiger partial charge in [0.15, 0.2) is 11.6 Å². The number of nitrogens with two attached hydrogens (primary N) is 1. The van der Waals surface area contributed by atoms with E-state index in [1.165, 1.54) is 52.1 Å². The molecule has 1 aromatic carbocycles. The highest BCUT2D eigenvalue weighted by Gasteiger charge is 2.19. The van der Waals surface area contributed by atoms with E-state index in [0.29, 0.717) is 11.7 Å². The maximum atomic E-state index is 13.7. The number of hydrogen-bond donors (Lipinski definition) is 1. The molecule has 1 aliphatic rings. The standard InChI is InChI=1S/C17H26FNO/c1-20-17-10-9-13(11-15(17)18)12-16(19)14-7-5-3-2-4-6-8-14/h9-11,14,16H,2-8,12,19H2,1H3. The van der Waals surface area contributed by atoms with E-state index in [1.54, 1.807) is 12.1 Å². The number of benzene rings is 1. The molecule has 1 unspecified atom stereocenters. The predicted molar refractivity (Wildman–Crippen MR) is 80.4 cm³/mol. The summed E-state index contributed by atoms with van der Waals surface area (Å²) in [7, 11) is 1.48. The van der Waals surface area contributed by atoms with Gasteiger partial charge in [-0.2, -0.15) is 0 Å². The normalized spacial score (nSPS) is 19.1. The van der Waals surface area contributed by atoms with Crippen molar-refractivity contribution >= 4 is 0 Å². The minimum absolute atomic E-state index is 0.140. The van der Waals surface area contributed by atoms with E-state index in [0.717, 1.165) is 12.0 Å². The molecule has 3 heteroatoms. The van der Waals surface area contributed by atoms with Gasteiger partial charge in [0, 0.05) is 6.04 Å². The number of halogens is 1. The van der Waals surface area contributed by atoms with Crippen LogP contribution in [0.25, 0.3) is 0 Å². The summed E-state index contributed by atoms with van der Waals surface area (Å²) < 4.78 is 18.6. The highest BCUT2D eigenvalue weighted by atomic mass is 19.1. The minimum atomic E-state index is -0.296. The van der Waals surface area contributed by atoms with Crippen LogP contribution < -0.4 is 10.5 Å². The largest absolute Gasteiger partial charge is 0.494 e. The van der Waals surface area contributed by atoms with Crippen LogP contribution in [-0.4, -0.2) is 13.2 Å². The molecule has 112 valence electrons. The highest BCUT2D eigenvalue weighted by molar-refractivity contribution is 5.29. The molecular weight excluding hydrogens is 253 g/mol. The topological polar surface area (TPSA) is 35.2 Å². The third-order valence-electron chi connectivity index (χ3n) is 4.44. The average Bonchev–Trinajstić information content (AvgIpc) is 2.38. The van der Waals surface area contributed by atoms with Crippen LogP contribution in [0, 0.1) is 11.7 Å². The summed E-state index contributed by atoms with van der Waals surface area (Å²) in [5.74, 6) is 0.587. The third-order valence-corrected chi connectivity index (χ3v) is 4.44. The second kappa shape index (κ2) is 7.63. The Morgan fingerprint density at radius 1 is 1.20 bits per heavy atom. The fourth-order valence-electron chi connectivity index (χ4n) is 3.19. The molecule has 1 fully saturated rings. The Balaban J connectivity index is 1.95. The second-order valence-electron chi connectivity index (χ2n) is 5.94. The zero-order valence-electron chi connectivity index (χ0n) is 12.4. The Morgan fingerprint density at radius 3 is 2.45 bits per heavy atom. The number of hydrogen-bond acceptors (Lipinski definition) is 2. The Hall–Kier alpha value is -1.09. The molecule has 0 bridgehead atoms. The monoisotopic (exact) mass is 279 g/mol. The molecular formula is C17H26FNO. The van der Waals surface area contributed by atoms with Gasteiger partial charge in [0.05, 0.1) is 7.11 Å². The fraction of sp³-hybridized carbons (Fsp3) is 0.647. The molecule has 0 heterocycles. The van der Waals surface area contributed by atoms with Gasteiger partial charge in [0.25, 0.3) is 0 Å². The lowest BCUT2D eigenvalue weighted by Gasteiger charge is -2.26. The molecule has 2 nitrogen and oxygen atoms in total. The van der Waals surface area contributed by atoms with Crippen molar-refractivity contribution in [1.82, 2.24) is 0 Å². The summed E-state index contributed by atoms with van der Waals surface area (Å²) >= 11 is 0. The van der Waals surface area contributed by atoms with E-state index in [1.807, 2.05) is 6.07 Å². The van der Waals surface area contributed by atoms with Crippen molar-refractivity contribution in [3.05, 3.63) is 29.6 Å². The lowest BCUT2D eigenvalue weighted by Crippen LogP contribution is -2.32. The lowest BCUT2D eigenvalue weighted by atomic mass is 9.84. The fourth-order valence-corrected chi connectivity index (χ4v) is 3.19. The second-order valence-corrected chi connectivity index (χ2v) is 5.94. The number of rotatable bonds is 4. The summed E-state index contributed by atoms with van der Waals surface area (Å²) in [6.45, 7) is 0. The quantitative estimate of drug-likeness (QED) is 0.902. The first-order chi connectivity index (χ1) is 9.70. The van der Waals surface area contributed by atoms with Crippen LogP contribution >= 0.6 is 0 Å². The molecule has 0 aromatic heterocycles. The highest BCUT2D eigenvalue weighted by Crippen LogP contribution is 2.26. The third kappa shape index (κ3) is 4.20. The van der Waals surface area contributed by atoms with E-state index in [-0.39, 0.29) is 11.9 Å². The van der Waals surface area contributed by atoms with E-state index in [9.17, 15) is 4.39 Å². The van der Waals surface area contributed by atoms with Crippen LogP contribution in [0.3, 0.4) is 0 Å². The number of methoxy groups -OCH3 is 1. The Kier molecular flexibility index (Phi) is 5.84. The van der Waals surface area contributed by atoms with Crippen molar-refractivity contribution in [2.75, 3.05) is 7.11 Å². The van der Waals surface area contributed by atoms with Gasteiger partial charge in [-0.05, 0) is 42.9 Å². The molecule has 0 aliphatic heterocycles. The Bertz CT molecular complexity index is 413. The summed E-state index contributed by atoms with van der Waals surface area (Å²) in [6.07, 6.45) is 9.81. The van der Waals surface area contributed by atoms with Crippen molar-refractivity contribution < 1.29 is 9.13 Å². The number of ether oxygens (including phenoxy) is 1. The zero-order chi connectivity index (χ0) is 14.4. The van der Waals surface area contributed by atoms with Gasteiger partial charge in [0.2, 0.25) is 0 Å². The van der Waals surface area contributed by atoms with Gasteiger partial charge in [-0.3, -0.25) is 0 Å². The van der Waals surface area contributed by atoms with Gasteiger partial charge in [-0.25, -0.2) is 4.39 Å². The van der Waals surface area contributed by atoms with Crippen LogP contribution in [0.5, 0.6) is 5.75 Å². The van der Waals surface area contributed by atoms with E-state index < -0.39 is 0 Å². The molecule has 1 aliphatic carbocycles. The average molecular weight is 279 g/mol. The first-order valence-electron chi connectivity index (χ1n) is 7.78.